The average Bonchev–Trinajstić information content (AvgIpc) is 3.08. The predicted molar refractivity (Wildman–Crippen MR) is 102 cm³/mol. The van der Waals surface area contributed by atoms with Gasteiger partial charge in [-0.2, -0.15) is 0 Å². The first-order chi connectivity index (χ1) is 12.6. The minimum Gasteiger partial charge on any atom is -0.465 e. The van der Waals surface area contributed by atoms with Gasteiger partial charge in [-0.15, -0.1) is 11.3 Å². The van der Waals surface area contributed by atoms with Crippen LogP contribution in [0.5, 0.6) is 0 Å². The summed E-state index contributed by atoms with van der Waals surface area (Å²) < 4.78 is 48.3. The van der Waals surface area contributed by atoms with E-state index in [0.717, 1.165) is 34.7 Å². The van der Waals surface area contributed by atoms with Gasteiger partial charge in [0.1, 0.15) is 4.88 Å². The molecule has 0 fully saturated rings. The molecule has 3 rings (SSSR count). The number of fused-ring (bicyclic) bond motifs is 1. The molecule has 0 atom stereocenters. The first-order valence-electron chi connectivity index (χ1n) is 8.10. The van der Waals surface area contributed by atoms with Crippen molar-refractivity contribution in [3.8, 4) is 0 Å². The molecule has 7 heteroatoms. The van der Waals surface area contributed by atoms with E-state index in [4.69, 9.17) is 0 Å². The first kappa shape index (κ1) is 19.8. The average molecular weight is 410 g/mol. The summed E-state index contributed by atoms with van der Waals surface area (Å²) in [7, 11) is 1.17. The van der Waals surface area contributed by atoms with Crippen molar-refractivity contribution in [2.45, 2.75) is 36.0 Å². The van der Waals surface area contributed by atoms with Gasteiger partial charge in [-0.25, -0.2) is 18.0 Å². The number of carbonyl (C=O) groups is 1. The molecule has 1 aromatic heterocycles. The van der Waals surface area contributed by atoms with Gasteiger partial charge in [0.15, 0.2) is 17.5 Å². The van der Waals surface area contributed by atoms with E-state index in [-0.39, 0.29) is 20.4 Å². The normalized spacial score (nSPS) is 11.8. The van der Waals surface area contributed by atoms with Gasteiger partial charge in [-0.3, -0.25) is 0 Å². The fraction of sp³-hybridized carbons (Fsp3) is 0.250. The summed E-state index contributed by atoms with van der Waals surface area (Å²) in [5, 5.41) is -0.261. The van der Waals surface area contributed by atoms with Gasteiger partial charge in [0.25, 0.3) is 0 Å². The fourth-order valence-electron chi connectivity index (χ4n) is 2.57. The summed E-state index contributed by atoms with van der Waals surface area (Å²) in [6, 6.07) is 8.38. The zero-order valence-corrected chi connectivity index (χ0v) is 16.8. The minimum atomic E-state index is -1.26. The van der Waals surface area contributed by atoms with Gasteiger partial charge in [0, 0.05) is 10.3 Å². The third-order valence-electron chi connectivity index (χ3n) is 4.09. The van der Waals surface area contributed by atoms with Crippen LogP contribution in [0.15, 0.2) is 40.1 Å². The van der Waals surface area contributed by atoms with E-state index in [2.05, 4.69) is 25.5 Å². The maximum atomic E-state index is 14.9. The van der Waals surface area contributed by atoms with E-state index < -0.39 is 28.3 Å². The lowest BCUT2D eigenvalue weighted by Gasteiger charge is -2.19. The molecule has 0 saturated heterocycles. The smallest absolute Gasteiger partial charge is 0.348 e. The number of hydrogen-bond acceptors (Lipinski definition) is 4. The third kappa shape index (κ3) is 3.71. The number of hydrogen-bond donors (Lipinski definition) is 0. The number of rotatable bonds is 3. The van der Waals surface area contributed by atoms with E-state index in [1.165, 1.54) is 7.11 Å². The highest BCUT2D eigenvalue weighted by atomic mass is 32.2. The maximum absolute atomic E-state index is 14.9. The molecular weight excluding hydrogens is 393 g/mol. The Morgan fingerprint density at radius 2 is 1.67 bits per heavy atom. The molecule has 0 unspecified atom stereocenters. The Balaban J connectivity index is 2.05. The molecule has 0 spiro atoms. The third-order valence-corrected chi connectivity index (χ3v) is 6.26. The second kappa shape index (κ2) is 7.20. The zero-order valence-electron chi connectivity index (χ0n) is 15.2. The summed E-state index contributed by atoms with van der Waals surface area (Å²) in [5.74, 6) is -4.04. The second-order valence-electron chi connectivity index (χ2n) is 6.99. The summed E-state index contributed by atoms with van der Waals surface area (Å²) >= 11 is 1.55. The molecule has 0 radical (unpaired) electrons. The lowest BCUT2D eigenvalue weighted by Crippen LogP contribution is -2.10. The van der Waals surface area contributed by atoms with Crippen LogP contribution < -0.4 is 0 Å². The molecule has 0 aliphatic rings. The van der Waals surface area contributed by atoms with Crippen molar-refractivity contribution in [3.63, 3.8) is 0 Å². The molecule has 3 aromatic rings. The molecule has 0 aliphatic heterocycles. The summed E-state index contributed by atoms with van der Waals surface area (Å²) in [6.07, 6.45) is 0. The number of carbonyl (C=O) groups excluding carboxylic acids is 1. The maximum Gasteiger partial charge on any atom is 0.348 e. The van der Waals surface area contributed by atoms with Crippen molar-refractivity contribution in [1.29, 1.82) is 0 Å². The molecule has 27 heavy (non-hydrogen) atoms. The summed E-state index contributed by atoms with van der Waals surface area (Å²) in [5.41, 5.74) is 1.03. The van der Waals surface area contributed by atoms with Crippen molar-refractivity contribution < 1.29 is 22.7 Å². The topological polar surface area (TPSA) is 26.3 Å². The zero-order chi connectivity index (χ0) is 19.9. The van der Waals surface area contributed by atoms with Crippen LogP contribution in [-0.2, 0) is 10.2 Å². The van der Waals surface area contributed by atoms with Gasteiger partial charge in [-0.1, -0.05) is 44.7 Å². The Morgan fingerprint density at radius 3 is 2.22 bits per heavy atom. The van der Waals surface area contributed by atoms with Crippen LogP contribution in [0, 0.1) is 17.5 Å². The Morgan fingerprint density at radius 1 is 1.04 bits per heavy atom. The monoisotopic (exact) mass is 410 g/mol. The van der Waals surface area contributed by atoms with Gasteiger partial charge < -0.3 is 4.74 Å². The lowest BCUT2D eigenvalue weighted by molar-refractivity contribution is 0.0606. The van der Waals surface area contributed by atoms with E-state index >= 15 is 0 Å². The van der Waals surface area contributed by atoms with E-state index in [9.17, 15) is 18.0 Å². The standard InChI is InChI=1S/C20H17F3O2S2/c1-20(2,3)10-5-7-11(8-6-10)26-18-15(22)14(21)12-9-13(19(24)25-4)27-17(12)16(18)23/h5-9H,1-4H3. The van der Waals surface area contributed by atoms with Crippen molar-refractivity contribution in [2.24, 2.45) is 0 Å². The van der Waals surface area contributed by atoms with E-state index in [0.29, 0.717) is 4.90 Å². The molecule has 0 bridgehead atoms. The van der Waals surface area contributed by atoms with Gasteiger partial charge in [0.05, 0.1) is 16.7 Å². The molecule has 2 aromatic carbocycles. The quantitative estimate of drug-likeness (QED) is 0.362. The number of methoxy groups -OCH3 is 1. The molecule has 0 N–H and O–H groups in total. The largest absolute Gasteiger partial charge is 0.465 e. The molecule has 0 saturated carbocycles. The molecule has 0 amide bonds. The Labute approximate surface area is 163 Å². The molecule has 2 nitrogen and oxygen atoms in total. The number of benzene rings is 2. The van der Waals surface area contributed by atoms with Crippen molar-refractivity contribution in [1.82, 2.24) is 0 Å². The Hall–Kier alpha value is -1.99. The Kier molecular flexibility index (Phi) is 5.27. The second-order valence-corrected chi connectivity index (χ2v) is 9.13. The highest BCUT2D eigenvalue weighted by molar-refractivity contribution is 7.99. The Bertz CT molecular complexity index is 1020. The van der Waals surface area contributed by atoms with Gasteiger partial charge >= 0.3 is 5.97 Å². The SMILES string of the molecule is COC(=O)c1cc2c(F)c(F)c(Sc3ccc(C(C)(C)C)cc3)c(F)c2s1. The lowest BCUT2D eigenvalue weighted by atomic mass is 9.87. The van der Waals surface area contributed by atoms with Crippen LogP contribution in [0.4, 0.5) is 13.2 Å². The van der Waals surface area contributed by atoms with Crippen LogP contribution in [0.2, 0.25) is 0 Å². The molecule has 0 aliphatic carbocycles. The molecular formula is C20H17F3O2S2. The molecule has 142 valence electrons. The van der Waals surface area contributed by atoms with E-state index in [1.807, 2.05) is 12.1 Å². The number of ether oxygens (including phenoxy) is 1. The van der Waals surface area contributed by atoms with Crippen molar-refractivity contribution >= 4 is 39.2 Å². The van der Waals surface area contributed by atoms with Crippen molar-refractivity contribution in [2.75, 3.05) is 7.11 Å². The summed E-state index contributed by atoms with van der Waals surface area (Å²) in [6.45, 7) is 6.19. The van der Waals surface area contributed by atoms with Crippen LogP contribution in [-0.4, -0.2) is 13.1 Å². The van der Waals surface area contributed by atoms with Crippen LogP contribution >= 0.6 is 23.1 Å². The number of esters is 1. The number of halogens is 3. The molecule has 1 heterocycles. The first-order valence-corrected chi connectivity index (χ1v) is 9.73. The predicted octanol–water partition coefficient (Wildman–Crippen LogP) is 6.55. The number of thiophene rings is 1. The summed E-state index contributed by atoms with van der Waals surface area (Å²) in [4.78, 5) is 11.8. The van der Waals surface area contributed by atoms with Crippen LogP contribution in [0.25, 0.3) is 10.1 Å². The van der Waals surface area contributed by atoms with Crippen LogP contribution in [0.3, 0.4) is 0 Å². The highest BCUT2D eigenvalue weighted by Crippen LogP contribution is 2.41. The highest BCUT2D eigenvalue weighted by Gasteiger charge is 2.25. The fourth-order valence-corrected chi connectivity index (χ4v) is 4.52. The van der Waals surface area contributed by atoms with Gasteiger partial charge in [0.2, 0.25) is 0 Å². The van der Waals surface area contributed by atoms with Crippen LogP contribution in [0.1, 0.15) is 36.0 Å². The van der Waals surface area contributed by atoms with Gasteiger partial charge in [-0.05, 0) is 29.2 Å². The van der Waals surface area contributed by atoms with Crippen molar-refractivity contribution in [3.05, 3.63) is 58.2 Å². The minimum absolute atomic E-state index is 0.0152. The van der Waals surface area contributed by atoms with E-state index in [1.54, 1.807) is 12.1 Å².